The van der Waals surface area contributed by atoms with Crippen LogP contribution in [0.1, 0.15) is 6.92 Å². The Hall–Kier alpha value is -0.810. The smallest absolute Gasteiger partial charge is 0.288 e. The molecule has 0 amide bonds. The van der Waals surface area contributed by atoms with Crippen LogP contribution in [0.2, 0.25) is 0 Å². The Bertz CT molecular complexity index is 356. The summed E-state index contributed by atoms with van der Waals surface area (Å²) in [6, 6.07) is 7.84. The van der Waals surface area contributed by atoms with Crippen molar-refractivity contribution in [1.29, 1.82) is 0 Å². The van der Waals surface area contributed by atoms with Crippen LogP contribution in [0.3, 0.4) is 0 Å². The zero-order chi connectivity index (χ0) is 12.3. The third kappa shape index (κ3) is 3.57. The molecule has 1 unspecified atom stereocenters. The lowest BCUT2D eigenvalue weighted by Crippen LogP contribution is -2.49. The lowest BCUT2D eigenvalue weighted by Gasteiger charge is -2.33. The van der Waals surface area contributed by atoms with E-state index in [0.29, 0.717) is 22.7 Å². The van der Waals surface area contributed by atoms with Crippen LogP contribution >= 0.6 is 11.8 Å². The molecule has 1 aliphatic heterocycles. The molecule has 0 spiro atoms. The van der Waals surface area contributed by atoms with E-state index >= 15 is 0 Å². The Morgan fingerprint density at radius 2 is 2.06 bits per heavy atom. The maximum absolute atomic E-state index is 12.2. The van der Waals surface area contributed by atoms with Gasteiger partial charge in [0.15, 0.2) is 0 Å². The lowest BCUT2D eigenvalue weighted by atomic mass is 10.2. The van der Waals surface area contributed by atoms with Crippen LogP contribution in [0, 0.1) is 0 Å². The van der Waals surface area contributed by atoms with E-state index in [-0.39, 0.29) is 0 Å². The van der Waals surface area contributed by atoms with Gasteiger partial charge in [-0.25, -0.2) is 0 Å². The number of nitrogens with one attached hydrogen (secondary N) is 1. The van der Waals surface area contributed by atoms with Crippen LogP contribution in [0.15, 0.2) is 29.2 Å². The van der Waals surface area contributed by atoms with E-state index in [4.69, 9.17) is 0 Å². The van der Waals surface area contributed by atoms with Gasteiger partial charge in [-0.1, -0.05) is 11.8 Å². The minimum atomic E-state index is -2.35. The number of rotatable bonds is 3. The third-order valence-electron chi connectivity index (χ3n) is 2.80. The molecule has 17 heavy (non-hydrogen) atoms. The first-order valence-corrected chi connectivity index (χ1v) is 6.56. The van der Waals surface area contributed by atoms with Crippen molar-refractivity contribution in [2.45, 2.75) is 23.6 Å². The summed E-state index contributed by atoms with van der Waals surface area (Å²) in [5.74, 6) is -2.35. The SMILES string of the molecule is CC1CN(c2ccc(SC(F)F)cc2)CCN1. The fourth-order valence-corrected chi connectivity index (χ4v) is 2.50. The molecule has 0 radical (unpaired) electrons. The molecule has 1 fully saturated rings. The minimum absolute atomic E-state index is 0.471. The van der Waals surface area contributed by atoms with Gasteiger partial charge in [0.1, 0.15) is 0 Å². The zero-order valence-electron chi connectivity index (χ0n) is 9.70. The molecule has 1 saturated heterocycles. The topological polar surface area (TPSA) is 15.3 Å². The van der Waals surface area contributed by atoms with Crippen molar-refractivity contribution in [3.63, 3.8) is 0 Å². The molecule has 0 saturated carbocycles. The quantitative estimate of drug-likeness (QED) is 0.839. The first kappa shape index (κ1) is 12.6. The molecule has 0 bridgehead atoms. The van der Waals surface area contributed by atoms with Gasteiger partial charge in [0.05, 0.1) is 0 Å². The fourth-order valence-electron chi connectivity index (χ4n) is 2.01. The molecule has 0 aliphatic carbocycles. The number of alkyl halides is 2. The monoisotopic (exact) mass is 258 g/mol. The zero-order valence-corrected chi connectivity index (χ0v) is 10.5. The van der Waals surface area contributed by atoms with Crippen LogP contribution in [0.4, 0.5) is 14.5 Å². The molecule has 1 aromatic carbocycles. The molecule has 1 heterocycles. The van der Waals surface area contributed by atoms with Gasteiger partial charge in [-0.05, 0) is 31.2 Å². The lowest BCUT2D eigenvalue weighted by molar-refractivity contribution is 0.252. The van der Waals surface area contributed by atoms with E-state index in [1.807, 2.05) is 12.1 Å². The van der Waals surface area contributed by atoms with Crippen molar-refractivity contribution in [3.8, 4) is 0 Å². The molecule has 1 aliphatic rings. The summed E-state index contributed by atoms with van der Waals surface area (Å²) in [4.78, 5) is 2.89. The molecule has 1 N–H and O–H groups in total. The first-order chi connectivity index (χ1) is 8.15. The van der Waals surface area contributed by atoms with E-state index in [1.165, 1.54) is 0 Å². The minimum Gasteiger partial charge on any atom is -0.369 e. The van der Waals surface area contributed by atoms with E-state index in [2.05, 4.69) is 17.1 Å². The summed E-state index contributed by atoms with van der Waals surface area (Å²) in [5, 5.41) is 3.37. The van der Waals surface area contributed by atoms with E-state index in [1.54, 1.807) is 12.1 Å². The molecule has 5 heteroatoms. The maximum Gasteiger partial charge on any atom is 0.288 e. The van der Waals surface area contributed by atoms with Crippen molar-refractivity contribution in [2.75, 3.05) is 24.5 Å². The van der Waals surface area contributed by atoms with Gasteiger partial charge in [0.2, 0.25) is 0 Å². The van der Waals surface area contributed by atoms with Gasteiger partial charge in [0.25, 0.3) is 5.76 Å². The van der Waals surface area contributed by atoms with Crippen molar-refractivity contribution in [1.82, 2.24) is 5.32 Å². The molecule has 94 valence electrons. The van der Waals surface area contributed by atoms with Gasteiger partial charge >= 0.3 is 0 Å². The highest BCUT2D eigenvalue weighted by Gasteiger charge is 2.15. The van der Waals surface area contributed by atoms with Crippen LogP contribution in [-0.4, -0.2) is 31.4 Å². The van der Waals surface area contributed by atoms with Crippen molar-refractivity contribution in [2.24, 2.45) is 0 Å². The number of nitrogens with zero attached hydrogens (tertiary/aromatic N) is 1. The molecule has 1 aromatic rings. The second kappa shape index (κ2) is 5.69. The van der Waals surface area contributed by atoms with Crippen LogP contribution in [0.5, 0.6) is 0 Å². The largest absolute Gasteiger partial charge is 0.369 e. The number of benzene rings is 1. The highest BCUT2D eigenvalue weighted by molar-refractivity contribution is 7.99. The molecular formula is C12H16F2N2S. The highest BCUT2D eigenvalue weighted by Crippen LogP contribution is 2.27. The molecule has 2 rings (SSSR count). The normalized spacial score (nSPS) is 20.9. The van der Waals surface area contributed by atoms with E-state index < -0.39 is 5.76 Å². The van der Waals surface area contributed by atoms with Crippen molar-refractivity contribution in [3.05, 3.63) is 24.3 Å². The summed E-state index contributed by atoms with van der Waals surface area (Å²) in [5.41, 5.74) is 1.11. The Balaban J connectivity index is 2.01. The van der Waals surface area contributed by atoms with Gasteiger partial charge in [0, 0.05) is 36.3 Å². The molecular weight excluding hydrogens is 242 g/mol. The molecule has 1 atom stereocenters. The third-order valence-corrected chi connectivity index (χ3v) is 3.52. The molecule has 2 nitrogen and oxygen atoms in total. The fraction of sp³-hybridized carbons (Fsp3) is 0.500. The Morgan fingerprint density at radius 3 is 2.65 bits per heavy atom. The van der Waals surface area contributed by atoms with Gasteiger partial charge in [-0.2, -0.15) is 8.78 Å². The van der Waals surface area contributed by atoms with E-state index in [0.717, 1.165) is 25.3 Å². The predicted octanol–water partition coefficient (Wildman–Crippen LogP) is 2.80. The number of piperazine rings is 1. The van der Waals surface area contributed by atoms with Crippen LogP contribution < -0.4 is 10.2 Å². The standard InChI is InChI=1S/C12H16F2N2S/c1-9-8-16(7-6-15-9)10-2-4-11(5-3-10)17-12(13)14/h2-5,9,12,15H,6-8H2,1H3. The summed E-state index contributed by atoms with van der Waals surface area (Å²) in [7, 11) is 0. The average Bonchev–Trinajstić information content (AvgIpc) is 2.29. The average molecular weight is 258 g/mol. The number of hydrogen-bond donors (Lipinski definition) is 1. The van der Waals surface area contributed by atoms with E-state index in [9.17, 15) is 8.78 Å². The maximum atomic E-state index is 12.2. The van der Waals surface area contributed by atoms with Crippen molar-refractivity contribution >= 4 is 17.4 Å². The van der Waals surface area contributed by atoms with Gasteiger partial charge in [-0.15, -0.1) is 0 Å². The first-order valence-electron chi connectivity index (χ1n) is 5.68. The highest BCUT2D eigenvalue weighted by atomic mass is 32.2. The summed E-state index contributed by atoms with van der Waals surface area (Å²) >= 11 is 0.590. The number of hydrogen-bond acceptors (Lipinski definition) is 3. The summed E-state index contributed by atoms with van der Waals surface area (Å²) < 4.78 is 24.3. The Morgan fingerprint density at radius 1 is 1.35 bits per heavy atom. The Labute approximate surface area is 104 Å². The Kier molecular flexibility index (Phi) is 4.23. The summed E-state index contributed by atoms with van der Waals surface area (Å²) in [6.45, 7) is 5.04. The van der Waals surface area contributed by atoms with Gasteiger partial charge in [-0.3, -0.25) is 0 Å². The number of anilines is 1. The summed E-state index contributed by atoms with van der Waals surface area (Å²) in [6.07, 6.45) is 0. The van der Waals surface area contributed by atoms with Crippen LogP contribution in [0.25, 0.3) is 0 Å². The molecule has 0 aromatic heterocycles. The van der Waals surface area contributed by atoms with Crippen LogP contribution in [-0.2, 0) is 0 Å². The van der Waals surface area contributed by atoms with Crippen molar-refractivity contribution < 1.29 is 8.78 Å². The number of thioether (sulfide) groups is 1. The number of halogens is 2. The predicted molar refractivity (Wildman–Crippen MR) is 68.0 cm³/mol. The second-order valence-corrected chi connectivity index (χ2v) is 5.24. The second-order valence-electron chi connectivity index (χ2n) is 4.17. The van der Waals surface area contributed by atoms with Gasteiger partial charge < -0.3 is 10.2 Å².